The van der Waals surface area contributed by atoms with Crippen LogP contribution < -0.4 is 4.74 Å². The molecule has 0 aromatic carbocycles. The molecule has 0 bridgehead atoms. The number of aromatic nitrogens is 1. The highest BCUT2D eigenvalue weighted by atomic mass is 32.1. The van der Waals surface area contributed by atoms with Gasteiger partial charge in [-0.3, -0.25) is 0 Å². The van der Waals surface area contributed by atoms with E-state index in [1.165, 1.54) is 25.5 Å². The van der Waals surface area contributed by atoms with E-state index in [0.717, 1.165) is 11.2 Å². The molecule has 1 aromatic heterocycles. The van der Waals surface area contributed by atoms with Crippen LogP contribution in [-0.2, 0) is 0 Å². The van der Waals surface area contributed by atoms with Crippen LogP contribution in [0.15, 0.2) is 18.3 Å². The van der Waals surface area contributed by atoms with Gasteiger partial charge in [0.1, 0.15) is 0 Å². The lowest BCUT2D eigenvalue weighted by Crippen LogP contribution is -2.25. The van der Waals surface area contributed by atoms with Gasteiger partial charge in [0.2, 0.25) is 0 Å². The molecule has 0 amide bonds. The monoisotopic (exact) mass is 395 g/mol. The second-order valence-electron chi connectivity index (χ2n) is 10.8. The second kappa shape index (κ2) is 9.95. The molecular formula is C23H41NO2S. The molecule has 0 saturated heterocycles. The molecular weight excluding hydrogens is 354 g/mol. The van der Waals surface area contributed by atoms with Crippen molar-refractivity contribution in [2.75, 3.05) is 6.61 Å². The van der Waals surface area contributed by atoms with Crippen molar-refractivity contribution >= 4 is 12.2 Å². The average Bonchev–Trinajstić information content (AvgIpc) is 2.47. The fourth-order valence-corrected chi connectivity index (χ4v) is 4.27. The van der Waals surface area contributed by atoms with Crippen LogP contribution in [0.25, 0.3) is 0 Å². The Labute approximate surface area is 172 Å². The van der Waals surface area contributed by atoms with Gasteiger partial charge in [-0.25, -0.2) is 0 Å². The summed E-state index contributed by atoms with van der Waals surface area (Å²) < 4.78 is 7.35. The smallest absolute Gasteiger partial charge is 0.184 e. The van der Waals surface area contributed by atoms with E-state index < -0.39 is 0 Å². The van der Waals surface area contributed by atoms with Gasteiger partial charge < -0.3 is 9.94 Å². The summed E-state index contributed by atoms with van der Waals surface area (Å²) in [5.41, 5.74) is 0.678. The molecule has 0 fully saturated rings. The summed E-state index contributed by atoms with van der Waals surface area (Å²) in [4.78, 5) is 0. The molecule has 3 nitrogen and oxygen atoms in total. The van der Waals surface area contributed by atoms with Crippen molar-refractivity contribution < 1.29 is 9.94 Å². The molecule has 3 unspecified atom stereocenters. The van der Waals surface area contributed by atoms with Crippen LogP contribution >= 0.6 is 12.2 Å². The molecule has 4 heteroatoms. The largest absolute Gasteiger partial charge is 0.490 e. The molecule has 3 atom stereocenters. The normalized spacial score (nSPS) is 16.0. The van der Waals surface area contributed by atoms with E-state index in [9.17, 15) is 5.21 Å². The molecule has 0 saturated carbocycles. The average molecular weight is 396 g/mol. The van der Waals surface area contributed by atoms with Crippen molar-refractivity contribution in [3.05, 3.63) is 23.0 Å². The van der Waals surface area contributed by atoms with Crippen molar-refractivity contribution in [1.82, 2.24) is 4.73 Å². The van der Waals surface area contributed by atoms with Gasteiger partial charge >= 0.3 is 0 Å². The highest BCUT2D eigenvalue weighted by Crippen LogP contribution is 2.34. The lowest BCUT2D eigenvalue weighted by molar-refractivity contribution is 0.140. The first-order valence-electron chi connectivity index (χ1n) is 10.3. The molecule has 0 radical (unpaired) electrons. The Hall–Kier alpha value is -1.03. The van der Waals surface area contributed by atoms with Gasteiger partial charge in [-0.05, 0) is 60.0 Å². The fourth-order valence-electron chi connectivity index (χ4n) is 4.08. The van der Waals surface area contributed by atoms with Gasteiger partial charge in [0.05, 0.1) is 6.61 Å². The van der Waals surface area contributed by atoms with E-state index in [-0.39, 0.29) is 0 Å². The van der Waals surface area contributed by atoms with Crippen LogP contribution in [-0.4, -0.2) is 16.5 Å². The van der Waals surface area contributed by atoms with Crippen LogP contribution in [0.5, 0.6) is 5.75 Å². The molecule has 1 aromatic rings. The molecule has 1 N–H and O–H groups in total. The van der Waals surface area contributed by atoms with Crippen molar-refractivity contribution in [3.63, 3.8) is 0 Å². The van der Waals surface area contributed by atoms with Gasteiger partial charge in [0.15, 0.2) is 10.4 Å². The minimum absolute atomic E-state index is 0.304. The summed E-state index contributed by atoms with van der Waals surface area (Å²) in [6.07, 6.45) is 6.32. The summed E-state index contributed by atoms with van der Waals surface area (Å²) in [7, 11) is 0. The van der Waals surface area contributed by atoms with E-state index in [0.29, 0.717) is 45.6 Å². The first-order chi connectivity index (χ1) is 12.3. The topological polar surface area (TPSA) is 34.4 Å². The van der Waals surface area contributed by atoms with Crippen molar-refractivity contribution in [2.24, 2.45) is 28.6 Å². The molecule has 0 aliphatic heterocycles. The molecule has 156 valence electrons. The zero-order valence-electron chi connectivity index (χ0n) is 18.7. The number of hydrogen-bond donors (Lipinski definition) is 1. The molecule has 27 heavy (non-hydrogen) atoms. The number of ether oxygens (including phenoxy) is 1. The van der Waals surface area contributed by atoms with Gasteiger partial charge in [0.25, 0.3) is 0 Å². The summed E-state index contributed by atoms with van der Waals surface area (Å²) in [6.45, 7) is 19.2. The number of hydrogen-bond acceptors (Lipinski definition) is 3. The Morgan fingerprint density at radius 2 is 1.63 bits per heavy atom. The summed E-state index contributed by atoms with van der Waals surface area (Å²) in [5.74, 6) is 2.35. The number of rotatable bonds is 9. The summed E-state index contributed by atoms with van der Waals surface area (Å²) in [5, 5.41) is 9.74. The molecule has 0 aliphatic carbocycles. The van der Waals surface area contributed by atoms with Crippen molar-refractivity contribution in [1.29, 1.82) is 0 Å². The van der Waals surface area contributed by atoms with Gasteiger partial charge in [-0.1, -0.05) is 74.0 Å². The molecule has 1 heterocycles. The fraction of sp³-hybridized carbons (Fsp3) is 0.783. The maximum Gasteiger partial charge on any atom is 0.184 e. The van der Waals surface area contributed by atoms with Crippen LogP contribution in [0.4, 0.5) is 0 Å². The van der Waals surface area contributed by atoms with Crippen LogP contribution in [0, 0.1) is 33.2 Å². The second-order valence-corrected chi connectivity index (χ2v) is 11.2. The highest BCUT2D eigenvalue weighted by Gasteiger charge is 2.25. The first kappa shape index (κ1) is 24.0. The minimum atomic E-state index is 0.304. The van der Waals surface area contributed by atoms with Gasteiger partial charge in [0, 0.05) is 6.20 Å². The van der Waals surface area contributed by atoms with Gasteiger partial charge in [-0.2, -0.15) is 4.73 Å². The van der Waals surface area contributed by atoms with E-state index >= 15 is 0 Å². The summed E-state index contributed by atoms with van der Waals surface area (Å²) >= 11 is 5.25. The van der Waals surface area contributed by atoms with Crippen LogP contribution in [0.3, 0.4) is 0 Å². The van der Waals surface area contributed by atoms with Crippen molar-refractivity contribution in [3.8, 4) is 5.75 Å². The van der Waals surface area contributed by atoms with E-state index in [2.05, 4.69) is 55.4 Å². The third-order valence-electron chi connectivity index (χ3n) is 5.08. The summed E-state index contributed by atoms with van der Waals surface area (Å²) in [6, 6.07) is 3.59. The lowest BCUT2D eigenvalue weighted by Gasteiger charge is -2.31. The Morgan fingerprint density at radius 1 is 1.04 bits per heavy atom. The lowest BCUT2D eigenvalue weighted by atomic mass is 9.76. The Bertz CT molecular complexity index is 624. The standard InChI is InChI=1S/C23H41NO2S/c1-17(14-22(3,4)5)11-12-19(18(2)15-23(6,7)8)16-26-20-10-9-13-24(25)21(20)27/h9-10,13,17-19,25H,11-12,14-16H2,1-8H3. The quantitative estimate of drug-likeness (QED) is 0.350. The van der Waals surface area contributed by atoms with Gasteiger partial charge in [-0.15, -0.1) is 0 Å². The minimum Gasteiger partial charge on any atom is -0.490 e. The van der Waals surface area contributed by atoms with E-state index in [1.54, 1.807) is 6.07 Å². The first-order valence-corrected chi connectivity index (χ1v) is 10.7. The zero-order valence-corrected chi connectivity index (χ0v) is 19.5. The Balaban J connectivity index is 2.78. The highest BCUT2D eigenvalue weighted by molar-refractivity contribution is 7.71. The number of nitrogens with zero attached hydrogens (tertiary/aromatic N) is 1. The maximum absolute atomic E-state index is 9.74. The van der Waals surface area contributed by atoms with Crippen LogP contribution in [0.1, 0.15) is 81.1 Å². The zero-order chi connectivity index (χ0) is 20.8. The molecule has 0 spiro atoms. The third kappa shape index (κ3) is 9.64. The van der Waals surface area contributed by atoms with E-state index in [4.69, 9.17) is 17.0 Å². The Kier molecular flexibility index (Phi) is 8.85. The van der Waals surface area contributed by atoms with Crippen LogP contribution in [0.2, 0.25) is 0 Å². The molecule has 0 aliphatic rings. The van der Waals surface area contributed by atoms with Crippen molar-refractivity contribution in [2.45, 2.75) is 81.1 Å². The van der Waals surface area contributed by atoms with E-state index in [1.807, 2.05) is 6.07 Å². The number of pyridine rings is 1. The maximum atomic E-state index is 9.74. The Morgan fingerprint density at radius 3 is 2.19 bits per heavy atom. The predicted octanol–water partition coefficient (Wildman–Crippen LogP) is 7.37. The molecule has 1 rings (SSSR count). The third-order valence-corrected chi connectivity index (χ3v) is 5.47. The predicted molar refractivity (Wildman–Crippen MR) is 117 cm³/mol. The SMILES string of the molecule is CC(CCC(COc1cccn(O)c1=S)C(C)CC(C)(C)C)CC(C)(C)C.